The molecule has 1 amide bonds. The highest BCUT2D eigenvalue weighted by Crippen LogP contribution is 2.34. The summed E-state index contributed by atoms with van der Waals surface area (Å²) in [7, 11) is 0. The van der Waals surface area contributed by atoms with E-state index in [1.165, 1.54) is 31.2 Å². The molecule has 0 saturated carbocycles. The van der Waals surface area contributed by atoms with Gasteiger partial charge in [-0.1, -0.05) is 40.9 Å². The Labute approximate surface area is 175 Å². The van der Waals surface area contributed by atoms with Crippen LogP contribution in [0.2, 0.25) is 10.0 Å². The molecule has 0 spiro atoms. The second kappa shape index (κ2) is 8.92. The van der Waals surface area contributed by atoms with Crippen molar-refractivity contribution >= 4 is 40.8 Å². The highest BCUT2D eigenvalue weighted by Gasteiger charge is 2.63. The topological polar surface area (TPSA) is 67.4 Å². The van der Waals surface area contributed by atoms with Gasteiger partial charge in [-0.3, -0.25) is 4.79 Å². The number of carbonyl (C=O) groups excluding carboxylic acids is 2. The van der Waals surface area contributed by atoms with Crippen LogP contribution in [-0.4, -0.2) is 30.3 Å². The first-order chi connectivity index (χ1) is 13.5. The summed E-state index contributed by atoms with van der Waals surface area (Å²) >= 11 is 11.7. The molecule has 2 aromatic carbocycles. The average Bonchev–Trinajstić information content (AvgIpc) is 2.62. The van der Waals surface area contributed by atoms with E-state index in [1.54, 1.807) is 24.4 Å². The Morgan fingerprint density at radius 2 is 1.69 bits per heavy atom. The maximum atomic E-state index is 14.1. The van der Waals surface area contributed by atoms with Crippen molar-refractivity contribution in [3.05, 3.63) is 63.6 Å². The number of anilines is 1. The number of alkyl halides is 3. The Hall–Kier alpha value is -2.45. The van der Waals surface area contributed by atoms with Crippen LogP contribution in [0.3, 0.4) is 0 Å². The van der Waals surface area contributed by atoms with Gasteiger partial charge in [-0.25, -0.2) is 4.79 Å². The van der Waals surface area contributed by atoms with Crippen molar-refractivity contribution in [3.63, 3.8) is 0 Å². The molecule has 10 heteroatoms. The van der Waals surface area contributed by atoms with Gasteiger partial charge in [0.1, 0.15) is 0 Å². The number of carbonyl (C=O) groups is 2. The summed E-state index contributed by atoms with van der Waals surface area (Å²) in [5, 5.41) is 3.81. The average molecular weight is 449 g/mol. The predicted molar refractivity (Wildman–Crippen MR) is 104 cm³/mol. The normalized spacial score (nSPS) is 13.3. The number of hydrogen-bond donors (Lipinski definition) is 2. The van der Waals surface area contributed by atoms with Gasteiger partial charge in [0.25, 0.3) is 5.91 Å². The number of nitrogens with one attached hydrogen (secondary N) is 2. The van der Waals surface area contributed by atoms with E-state index in [0.29, 0.717) is 0 Å². The zero-order chi connectivity index (χ0) is 21.8. The van der Waals surface area contributed by atoms with Gasteiger partial charge in [0.05, 0.1) is 17.2 Å². The van der Waals surface area contributed by atoms with Gasteiger partial charge >= 0.3 is 17.8 Å². The molecule has 156 valence electrons. The third kappa shape index (κ3) is 5.13. The first-order valence-corrected chi connectivity index (χ1v) is 9.12. The first-order valence-electron chi connectivity index (χ1n) is 8.36. The molecule has 0 heterocycles. The van der Waals surface area contributed by atoms with Gasteiger partial charge in [-0.2, -0.15) is 13.2 Å². The molecule has 0 bridgehead atoms. The lowest BCUT2D eigenvalue weighted by atomic mass is 10.1. The summed E-state index contributed by atoms with van der Waals surface area (Å²) in [6.45, 7) is 2.77. The maximum absolute atomic E-state index is 14.1. The summed E-state index contributed by atoms with van der Waals surface area (Å²) in [5.74, 6) is -2.96. The van der Waals surface area contributed by atoms with Crippen molar-refractivity contribution in [1.82, 2.24) is 5.32 Å². The van der Waals surface area contributed by atoms with Crippen LogP contribution in [0.4, 0.5) is 18.9 Å². The van der Waals surface area contributed by atoms with Crippen molar-refractivity contribution in [2.24, 2.45) is 0 Å². The molecular weight excluding hydrogens is 432 g/mol. The monoisotopic (exact) mass is 448 g/mol. The molecule has 0 saturated heterocycles. The zero-order valence-electron chi connectivity index (χ0n) is 15.4. The fourth-order valence-corrected chi connectivity index (χ4v) is 2.89. The number of amides is 1. The lowest BCUT2D eigenvalue weighted by molar-refractivity contribution is -0.204. The molecule has 29 heavy (non-hydrogen) atoms. The molecule has 0 fully saturated rings. The van der Waals surface area contributed by atoms with E-state index in [-0.39, 0.29) is 27.9 Å². The standard InChI is InChI=1S/C19H17Cl2F3N2O3/c1-3-29-17(28)18(19(22,23)24,25-13-7-4-11(2)5-8-13)26-16(27)14-9-6-12(20)10-15(14)21/h4-10,25H,3H2,1-2H3,(H,26,27)/t18-/m0/s1. The number of benzene rings is 2. The van der Waals surface area contributed by atoms with Gasteiger partial charge in [-0.15, -0.1) is 0 Å². The predicted octanol–water partition coefficient (Wildman–Crippen LogP) is 4.97. The van der Waals surface area contributed by atoms with Gasteiger partial charge in [-0.05, 0) is 44.2 Å². The molecule has 5 nitrogen and oxygen atoms in total. The van der Waals surface area contributed by atoms with Gasteiger partial charge in [0, 0.05) is 10.7 Å². The zero-order valence-corrected chi connectivity index (χ0v) is 16.9. The lowest BCUT2D eigenvalue weighted by Crippen LogP contribution is -2.69. The third-order valence-electron chi connectivity index (χ3n) is 3.87. The van der Waals surface area contributed by atoms with Crippen LogP contribution in [-0.2, 0) is 9.53 Å². The van der Waals surface area contributed by atoms with Crippen molar-refractivity contribution in [2.75, 3.05) is 11.9 Å². The van der Waals surface area contributed by atoms with Crippen molar-refractivity contribution in [2.45, 2.75) is 25.7 Å². The Kier molecular flexibility index (Phi) is 7.02. The van der Waals surface area contributed by atoms with Crippen LogP contribution in [0.5, 0.6) is 0 Å². The summed E-state index contributed by atoms with van der Waals surface area (Å²) in [6.07, 6.45) is -5.25. The minimum atomic E-state index is -5.25. The molecule has 2 aromatic rings. The fraction of sp³-hybridized carbons (Fsp3) is 0.263. The summed E-state index contributed by atoms with van der Waals surface area (Å²) in [5.41, 5.74) is -3.09. The first kappa shape index (κ1) is 22.8. The summed E-state index contributed by atoms with van der Waals surface area (Å²) in [4.78, 5) is 25.0. The van der Waals surface area contributed by atoms with E-state index in [0.717, 1.165) is 11.6 Å². The Morgan fingerprint density at radius 1 is 1.07 bits per heavy atom. The highest BCUT2D eigenvalue weighted by molar-refractivity contribution is 6.36. The molecule has 1 atom stereocenters. The number of halogens is 5. The van der Waals surface area contributed by atoms with E-state index < -0.39 is 23.7 Å². The van der Waals surface area contributed by atoms with Crippen LogP contribution in [0, 0.1) is 6.92 Å². The van der Waals surface area contributed by atoms with E-state index in [2.05, 4.69) is 10.1 Å². The number of ether oxygens (including phenoxy) is 1. The molecule has 2 N–H and O–H groups in total. The Bertz CT molecular complexity index is 905. The smallest absolute Gasteiger partial charge is 0.441 e. The van der Waals surface area contributed by atoms with Crippen LogP contribution in [0.25, 0.3) is 0 Å². The van der Waals surface area contributed by atoms with E-state index in [4.69, 9.17) is 23.2 Å². The molecule has 0 aliphatic carbocycles. The third-order valence-corrected chi connectivity index (χ3v) is 4.41. The Balaban J connectivity index is 2.53. The van der Waals surface area contributed by atoms with E-state index >= 15 is 0 Å². The Morgan fingerprint density at radius 3 is 2.21 bits per heavy atom. The number of esters is 1. The molecule has 0 aromatic heterocycles. The van der Waals surface area contributed by atoms with E-state index in [9.17, 15) is 22.8 Å². The van der Waals surface area contributed by atoms with Crippen molar-refractivity contribution in [1.29, 1.82) is 0 Å². The SMILES string of the molecule is CCOC(=O)[C@@](NC(=O)c1ccc(Cl)cc1Cl)(Nc1ccc(C)cc1)C(F)(F)F. The van der Waals surface area contributed by atoms with Gasteiger partial charge in [0.15, 0.2) is 0 Å². The van der Waals surface area contributed by atoms with E-state index in [1.807, 2.05) is 0 Å². The largest absolute Gasteiger partial charge is 0.463 e. The van der Waals surface area contributed by atoms with Crippen molar-refractivity contribution in [3.8, 4) is 0 Å². The molecule has 2 rings (SSSR count). The summed E-state index contributed by atoms with van der Waals surface area (Å²) in [6, 6.07) is 9.42. The second-order valence-corrected chi connectivity index (χ2v) is 6.88. The molecule has 0 radical (unpaired) electrons. The molecular formula is C19H17Cl2F3N2O3. The molecule has 0 aliphatic rings. The number of aryl methyl sites for hydroxylation is 1. The second-order valence-electron chi connectivity index (χ2n) is 6.04. The highest BCUT2D eigenvalue weighted by atomic mass is 35.5. The van der Waals surface area contributed by atoms with Crippen molar-refractivity contribution < 1.29 is 27.5 Å². The fourth-order valence-electron chi connectivity index (χ4n) is 2.39. The van der Waals surface area contributed by atoms with Crippen LogP contribution in [0.1, 0.15) is 22.8 Å². The number of rotatable bonds is 6. The minimum Gasteiger partial charge on any atom is -0.463 e. The quantitative estimate of drug-likeness (QED) is 0.483. The van der Waals surface area contributed by atoms with Crippen LogP contribution >= 0.6 is 23.2 Å². The van der Waals surface area contributed by atoms with Crippen LogP contribution < -0.4 is 10.6 Å². The lowest BCUT2D eigenvalue weighted by Gasteiger charge is -2.35. The maximum Gasteiger partial charge on any atom is 0.441 e. The number of hydrogen-bond acceptors (Lipinski definition) is 4. The van der Waals surface area contributed by atoms with Gasteiger partial charge in [0.2, 0.25) is 0 Å². The minimum absolute atomic E-state index is 0.0523. The van der Waals surface area contributed by atoms with Gasteiger partial charge < -0.3 is 15.4 Å². The summed E-state index contributed by atoms with van der Waals surface area (Å²) < 4.78 is 47.0. The molecule has 0 aliphatic heterocycles. The molecule has 0 unspecified atom stereocenters. The van der Waals surface area contributed by atoms with Crippen LogP contribution in [0.15, 0.2) is 42.5 Å².